The summed E-state index contributed by atoms with van der Waals surface area (Å²) >= 11 is 1.11. The van der Waals surface area contributed by atoms with E-state index in [2.05, 4.69) is 5.32 Å². The molecule has 0 spiro atoms. The van der Waals surface area contributed by atoms with Crippen LogP contribution >= 0.6 is 11.8 Å². The summed E-state index contributed by atoms with van der Waals surface area (Å²) in [6, 6.07) is 5.42. The Bertz CT molecular complexity index is 476. The highest BCUT2D eigenvalue weighted by atomic mass is 32.2. The quantitative estimate of drug-likeness (QED) is 0.847. The SMILES string of the molecule is CC(SC(C(=O)O)C(C)C)C(=O)Nc1ccc(F)cc1. The molecule has 0 aliphatic rings. The number of carbonyl (C=O) groups excluding carboxylic acids is 1. The van der Waals surface area contributed by atoms with Crippen LogP contribution in [0, 0.1) is 11.7 Å². The number of amides is 1. The molecule has 0 aliphatic carbocycles. The molecular formula is C14H18FNO3S. The highest BCUT2D eigenvalue weighted by molar-refractivity contribution is 8.01. The van der Waals surface area contributed by atoms with Crippen LogP contribution in [-0.4, -0.2) is 27.5 Å². The normalized spacial score (nSPS) is 13.8. The van der Waals surface area contributed by atoms with E-state index < -0.39 is 16.5 Å². The van der Waals surface area contributed by atoms with Crippen LogP contribution in [0.5, 0.6) is 0 Å². The van der Waals surface area contributed by atoms with Crippen LogP contribution in [0.4, 0.5) is 10.1 Å². The van der Waals surface area contributed by atoms with Crippen LogP contribution < -0.4 is 5.32 Å². The van der Waals surface area contributed by atoms with Gasteiger partial charge in [-0.15, -0.1) is 11.8 Å². The third-order valence-electron chi connectivity index (χ3n) is 2.68. The van der Waals surface area contributed by atoms with Gasteiger partial charge >= 0.3 is 5.97 Å². The Labute approximate surface area is 121 Å². The zero-order valence-electron chi connectivity index (χ0n) is 11.6. The third-order valence-corrected chi connectivity index (χ3v) is 4.34. The van der Waals surface area contributed by atoms with E-state index in [0.29, 0.717) is 5.69 Å². The number of hydrogen-bond acceptors (Lipinski definition) is 3. The molecule has 2 unspecified atom stereocenters. The Balaban J connectivity index is 2.62. The number of carboxylic acids is 1. The van der Waals surface area contributed by atoms with Gasteiger partial charge in [-0.3, -0.25) is 9.59 Å². The number of aliphatic carboxylic acids is 1. The Kier molecular flexibility index (Phi) is 6.01. The molecule has 0 aromatic heterocycles. The average molecular weight is 299 g/mol. The molecule has 20 heavy (non-hydrogen) atoms. The molecule has 0 bridgehead atoms. The summed E-state index contributed by atoms with van der Waals surface area (Å²) in [7, 11) is 0. The molecule has 0 aliphatic heterocycles. The molecule has 0 saturated heterocycles. The molecular weight excluding hydrogens is 281 g/mol. The molecule has 1 amide bonds. The summed E-state index contributed by atoms with van der Waals surface area (Å²) in [5.41, 5.74) is 0.486. The number of anilines is 1. The van der Waals surface area contributed by atoms with Crippen molar-refractivity contribution in [2.24, 2.45) is 5.92 Å². The molecule has 2 N–H and O–H groups in total. The van der Waals surface area contributed by atoms with Crippen molar-refractivity contribution in [2.45, 2.75) is 31.3 Å². The van der Waals surface area contributed by atoms with Crippen molar-refractivity contribution >= 4 is 29.3 Å². The first-order valence-corrected chi connectivity index (χ1v) is 7.20. The lowest BCUT2D eigenvalue weighted by molar-refractivity contribution is -0.137. The largest absolute Gasteiger partial charge is 0.480 e. The maximum absolute atomic E-state index is 12.8. The van der Waals surface area contributed by atoms with E-state index in [9.17, 15) is 14.0 Å². The van der Waals surface area contributed by atoms with Crippen molar-refractivity contribution < 1.29 is 19.1 Å². The van der Waals surface area contributed by atoms with E-state index >= 15 is 0 Å². The first kappa shape index (κ1) is 16.5. The van der Waals surface area contributed by atoms with Gasteiger partial charge in [0.25, 0.3) is 0 Å². The fourth-order valence-electron chi connectivity index (χ4n) is 1.56. The monoisotopic (exact) mass is 299 g/mol. The van der Waals surface area contributed by atoms with Gasteiger partial charge in [0.05, 0.1) is 5.25 Å². The maximum atomic E-state index is 12.8. The van der Waals surface area contributed by atoms with E-state index in [0.717, 1.165) is 11.8 Å². The van der Waals surface area contributed by atoms with E-state index in [1.165, 1.54) is 24.3 Å². The van der Waals surface area contributed by atoms with Gasteiger partial charge in [-0.2, -0.15) is 0 Å². The number of nitrogens with one attached hydrogen (secondary N) is 1. The zero-order chi connectivity index (χ0) is 15.3. The van der Waals surface area contributed by atoms with Crippen molar-refractivity contribution in [3.05, 3.63) is 30.1 Å². The summed E-state index contributed by atoms with van der Waals surface area (Å²) < 4.78 is 12.8. The molecule has 0 saturated carbocycles. The third kappa shape index (κ3) is 4.85. The average Bonchev–Trinajstić information content (AvgIpc) is 2.37. The van der Waals surface area contributed by atoms with Gasteiger partial charge in [0, 0.05) is 5.69 Å². The van der Waals surface area contributed by atoms with Crippen LogP contribution in [0.1, 0.15) is 20.8 Å². The van der Waals surface area contributed by atoms with E-state index in [1.807, 2.05) is 0 Å². The molecule has 110 valence electrons. The number of carbonyl (C=O) groups is 2. The molecule has 0 heterocycles. The Morgan fingerprint density at radius 3 is 2.20 bits per heavy atom. The number of thioether (sulfide) groups is 1. The van der Waals surface area contributed by atoms with Crippen LogP contribution in [0.3, 0.4) is 0 Å². The molecule has 0 radical (unpaired) electrons. The smallest absolute Gasteiger partial charge is 0.316 e. The second-order valence-corrected chi connectivity index (χ2v) is 6.26. The lowest BCUT2D eigenvalue weighted by Crippen LogP contribution is -2.30. The van der Waals surface area contributed by atoms with Crippen molar-refractivity contribution in [1.29, 1.82) is 0 Å². The van der Waals surface area contributed by atoms with Crippen LogP contribution in [0.2, 0.25) is 0 Å². The van der Waals surface area contributed by atoms with Crippen molar-refractivity contribution in [2.75, 3.05) is 5.32 Å². The summed E-state index contributed by atoms with van der Waals surface area (Å²) in [5.74, 6) is -1.67. The van der Waals surface area contributed by atoms with Gasteiger partial charge < -0.3 is 10.4 Å². The Morgan fingerprint density at radius 1 is 1.20 bits per heavy atom. The van der Waals surface area contributed by atoms with E-state index in [1.54, 1.807) is 20.8 Å². The topological polar surface area (TPSA) is 66.4 Å². The predicted octanol–water partition coefficient (Wildman–Crippen LogP) is 3.00. The zero-order valence-corrected chi connectivity index (χ0v) is 12.4. The predicted molar refractivity (Wildman–Crippen MR) is 78.3 cm³/mol. The molecule has 1 aromatic carbocycles. The van der Waals surface area contributed by atoms with Crippen molar-refractivity contribution in [3.63, 3.8) is 0 Å². The number of halogens is 1. The molecule has 0 fully saturated rings. The van der Waals surface area contributed by atoms with Crippen LogP contribution in [0.15, 0.2) is 24.3 Å². The minimum atomic E-state index is -0.925. The second-order valence-electron chi connectivity index (χ2n) is 4.78. The summed E-state index contributed by atoms with van der Waals surface area (Å²) in [6.07, 6.45) is 0. The summed E-state index contributed by atoms with van der Waals surface area (Å²) in [4.78, 5) is 23.1. The van der Waals surface area contributed by atoms with Gasteiger partial charge in [0.15, 0.2) is 0 Å². The maximum Gasteiger partial charge on any atom is 0.316 e. The summed E-state index contributed by atoms with van der Waals surface area (Å²) in [6.45, 7) is 5.26. The number of benzene rings is 1. The molecule has 1 rings (SSSR count). The fourth-order valence-corrected chi connectivity index (χ4v) is 2.61. The lowest BCUT2D eigenvalue weighted by atomic mass is 10.1. The fraction of sp³-hybridized carbons (Fsp3) is 0.429. The number of hydrogen-bond donors (Lipinski definition) is 2. The molecule has 2 atom stereocenters. The molecule has 6 heteroatoms. The van der Waals surface area contributed by atoms with Crippen molar-refractivity contribution in [1.82, 2.24) is 0 Å². The van der Waals surface area contributed by atoms with Gasteiger partial charge in [-0.25, -0.2) is 4.39 Å². The van der Waals surface area contributed by atoms with Gasteiger partial charge in [-0.1, -0.05) is 13.8 Å². The lowest BCUT2D eigenvalue weighted by Gasteiger charge is -2.19. The van der Waals surface area contributed by atoms with E-state index in [-0.39, 0.29) is 17.6 Å². The second kappa shape index (κ2) is 7.28. The Morgan fingerprint density at radius 2 is 1.75 bits per heavy atom. The molecule has 4 nitrogen and oxygen atoms in total. The Hall–Kier alpha value is -1.56. The first-order chi connectivity index (χ1) is 9.31. The standard InChI is InChI=1S/C14H18FNO3S/c1-8(2)12(14(18)19)20-9(3)13(17)16-11-6-4-10(15)5-7-11/h4-9,12H,1-3H3,(H,16,17)(H,18,19). The highest BCUT2D eigenvalue weighted by Crippen LogP contribution is 2.25. The van der Waals surface area contributed by atoms with Gasteiger partial charge in [0.2, 0.25) is 5.91 Å². The minimum absolute atomic E-state index is 0.0708. The minimum Gasteiger partial charge on any atom is -0.480 e. The summed E-state index contributed by atoms with van der Waals surface area (Å²) in [5, 5.41) is 10.6. The van der Waals surface area contributed by atoms with Crippen molar-refractivity contribution in [3.8, 4) is 0 Å². The van der Waals surface area contributed by atoms with Crippen LogP contribution in [-0.2, 0) is 9.59 Å². The number of rotatable bonds is 6. The molecule has 1 aromatic rings. The first-order valence-electron chi connectivity index (χ1n) is 6.26. The van der Waals surface area contributed by atoms with Gasteiger partial charge in [-0.05, 0) is 37.1 Å². The highest BCUT2D eigenvalue weighted by Gasteiger charge is 2.27. The van der Waals surface area contributed by atoms with E-state index in [4.69, 9.17) is 5.11 Å². The van der Waals surface area contributed by atoms with Crippen LogP contribution in [0.25, 0.3) is 0 Å². The number of carboxylic acid groups (broad SMARTS) is 1. The van der Waals surface area contributed by atoms with Gasteiger partial charge in [0.1, 0.15) is 11.1 Å².